The molecule has 0 saturated carbocycles. The largest absolute Gasteiger partial charge is 0.486 e. The normalized spacial score (nSPS) is 14.2. The minimum absolute atomic E-state index is 0.0165. The predicted molar refractivity (Wildman–Crippen MR) is 102 cm³/mol. The van der Waals surface area contributed by atoms with Gasteiger partial charge in [0.1, 0.15) is 13.2 Å². The molecule has 0 aliphatic carbocycles. The van der Waals surface area contributed by atoms with E-state index in [0.717, 1.165) is 22.1 Å². The van der Waals surface area contributed by atoms with Gasteiger partial charge in [-0.25, -0.2) is 0 Å². The van der Waals surface area contributed by atoms with E-state index in [-0.39, 0.29) is 11.2 Å². The van der Waals surface area contributed by atoms with Crippen molar-refractivity contribution in [2.45, 2.75) is 36.8 Å². The van der Waals surface area contributed by atoms with Crippen LogP contribution in [0.2, 0.25) is 0 Å². The Morgan fingerprint density at radius 2 is 1.68 bits per heavy atom. The van der Waals surface area contributed by atoms with Crippen LogP contribution < -0.4 is 14.8 Å². The van der Waals surface area contributed by atoms with E-state index in [0.29, 0.717) is 19.1 Å². The van der Waals surface area contributed by atoms with Crippen molar-refractivity contribution in [3.63, 3.8) is 0 Å². The zero-order valence-electron chi connectivity index (χ0n) is 14.7. The van der Waals surface area contributed by atoms with E-state index in [9.17, 15) is 4.79 Å². The van der Waals surface area contributed by atoms with E-state index in [2.05, 4.69) is 31.3 Å². The fourth-order valence-electron chi connectivity index (χ4n) is 2.55. The van der Waals surface area contributed by atoms with E-state index in [1.165, 1.54) is 17.3 Å². The molecule has 0 radical (unpaired) electrons. The lowest BCUT2D eigenvalue weighted by molar-refractivity contribution is -0.115. The van der Waals surface area contributed by atoms with Gasteiger partial charge in [0.2, 0.25) is 5.91 Å². The van der Waals surface area contributed by atoms with Crippen LogP contribution in [0.3, 0.4) is 0 Å². The van der Waals surface area contributed by atoms with Gasteiger partial charge in [-0.15, -0.1) is 11.8 Å². The van der Waals surface area contributed by atoms with Crippen LogP contribution in [0.1, 0.15) is 32.3 Å². The van der Waals surface area contributed by atoms with Crippen LogP contribution in [0.15, 0.2) is 47.4 Å². The molecular weight excluding hydrogens is 334 g/mol. The van der Waals surface area contributed by atoms with Crippen LogP contribution >= 0.6 is 11.8 Å². The maximum absolute atomic E-state index is 12.4. The summed E-state index contributed by atoms with van der Waals surface area (Å²) in [6.07, 6.45) is 0. The van der Waals surface area contributed by atoms with Crippen molar-refractivity contribution in [2.75, 3.05) is 18.5 Å². The lowest BCUT2D eigenvalue weighted by atomic mass is 10.0. The molecule has 2 aromatic carbocycles. The molecule has 4 nitrogen and oxygen atoms in total. The molecule has 1 aliphatic heterocycles. The number of amides is 1. The summed E-state index contributed by atoms with van der Waals surface area (Å²) in [6, 6.07) is 13.8. The first kappa shape index (κ1) is 17.7. The highest BCUT2D eigenvalue weighted by atomic mass is 32.2. The smallest absolute Gasteiger partial charge is 0.237 e. The summed E-state index contributed by atoms with van der Waals surface area (Å²) in [5.74, 6) is 1.97. The zero-order valence-corrected chi connectivity index (χ0v) is 15.6. The molecule has 3 rings (SSSR count). The number of rotatable bonds is 5. The van der Waals surface area contributed by atoms with Crippen LogP contribution in [-0.2, 0) is 4.79 Å². The number of carbonyl (C=O) groups is 1. The molecular formula is C20H23NO3S. The fraction of sp³-hybridized carbons (Fsp3) is 0.350. The zero-order chi connectivity index (χ0) is 17.8. The molecule has 1 atom stereocenters. The van der Waals surface area contributed by atoms with E-state index in [1.807, 2.05) is 37.3 Å². The highest BCUT2D eigenvalue weighted by molar-refractivity contribution is 8.00. The van der Waals surface area contributed by atoms with Crippen LogP contribution in [0.5, 0.6) is 11.5 Å². The summed E-state index contributed by atoms with van der Waals surface area (Å²) < 4.78 is 11.1. The molecule has 0 bridgehead atoms. The van der Waals surface area contributed by atoms with Crippen LogP contribution in [0, 0.1) is 0 Å². The first-order chi connectivity index (χ1) is 12.0. The van der Waals surface area contributed by atoms with Crippen molar-refractivity contribution >= 4 is 23.4 Å². The first-order valence-corrected chi connectivity index (χ1v) is 9.38. The van der Waals surface area contributed by atoms with Gasteiger partial charge in [0.15, 0.2) is 11.5 Å². The number of benzene rings is 2. The van der Waals surface area contributed by atoms with Crippen LogP contribution in [-0.4, -0.2) is 24.4 Å². The van der Waals surface area contributed by atoms with Gasteiger partial charge in [0, 0.05) is 10.6 Å². The van der Waals surface area contributed by atoms with Gasteiger partial charge in [-0.1, -0.05) is 26.0 Å². The minimum atomic E-state index is -0.215. The standard InChI is InChI=1S/C20H23NO3S/c1-13(2)15-4-6-16(7-5-15)21-20(22)14(3)25-17-8-9-18-19(12-17)24-11-10-23-18/h4-9,12-14H,10-11H2,1-3H3,(H,21,22). The van der Waals surface area contributed by atoms with Gasteiger partial charge in [-0.05, 0) is 48.7 Å². The minimum Gasteiger partial charge on any atom is -0.486 e. The lowest BCUT2D eigenvalue weighted by Crippen LogP contribution is -2.22. The fourth-order valence-corrected chi connectivity index (χ4v) is 3.45. The third kappa shape index (κ3) is 4.48. The summed E-state index contributed by atoms with van der Waals surface area (Å²) in [4.78, 5) is 13.4. The van der Waals surface area contributed by atoms with Crippen LogP contribution in [0.4, 0.5) is 5.69 Å². The maximum atomic E-state index is 12.4. The highest BCUT2D eigenvalue weighted by Gasteiger charge is 2.17. The Morgan fingerprint density at radius 3 is 2.36 bits per heavy atom. The summed E-state index contributed by atoms with van der Waals surface area (Å²) in [5, 5.41) is 2.76. The molecule has 1 unspecified atom stereocenters. The molecule has 1 amide bonds. The molecule has 5 heteroatoms. The monoisotopic (exact) mass is 357 g/mol. The number of hydrogen-bond acceptors (Lipinski definition) is 4. The Kier molecular flexibility index (Phi) is 5.53. The van der Waals surface area contributed by atoms with E-state index in [4.69, 9.17) is 9.47 Å². The topological polar surface area (TPSA) is 47.6 Å². The molecule has 0 saturated heterocycles. The van der Waals surface area contributed by atoms with Crippen molar-refractivity contribution in [1.82, 2.24) is 0 Å². The second kappa shape index (κ2) is 7.83. The van der Waals surface area contributed by atoms with Crippen molar-refractivity contribution in [2.24, 2.45) is 0 Å². The molecule has 25 heavy (non-hydrogen) atoms. The summed E-state index contributed by atoms with van der Waals surface area (Å²) in [5.41, 5.74) is 2.08. The van der Waals surface area contributed by atoms with Crippen molar-refractivity contribution in [1.29, 1.82) is 0 Å². The third-order valence-electron chi connectivity index (χ3n) is 4.04. The van der Waals surface area contributed by atoms with Gasteiger partial charge in [0.05, 0.1) is 5.25 Å². The Bertz CT molecular complexity index is 743. The Labute approximate surface area is 152 Å². The summed E-state index contributed by atoms with van der Waals surface area (Å²) in [7, 11) is 0. The van der Waals surface area contributed by atoms with E-state index < -0.39 is 0 Å². The van der Waals surface area contributed by atoms with Crippen molar-refractivity contribution in [3.8, 4) is 11.5 Å². The number of ether oxygens (including phenoxy) is 2. The molecule has 0 aromatic heterocycles. The molecule has 1 heterocycles. The molecule has 132 valence electrons. The summed E-state index contributed by atoms with van der Waals surface area (Å²) >= 11 is 1.50. The van der Waals surface area contributed by atoms with Gasteiger partial charge in [0.25, 0.3) is 0 Å². The van der Waals surface area contributed by atoms with Gasteiger partial charge in [-0.3, -0.25) is 4.79 Å². The number of hydrogen-bond donors (Lipinski definition) is 1. The Balaban J connectivity index is 1.60. The van der Waals surface area contributed by atoms with Crippen molar-refractivity contribution in [3.05, 3.63) is 48.0 Å². The van der Waals surface area contributed by atoms with Crippen LogP contribution in [0.25, 0.3) is 0 Å². The molecule has 0 fully saturated rings. The molecule has 1 aliphatic rings. The van der Waals surface area contributed by atoms with Gasteiger partial charge < -0.3 is 14.8 Å². The number of fused-ring (bicyclic) bond motifs is 1. The van der Waals surface area contributed by atoms with E-state index in [1.54, 1.807) is 0 Å². The van der Waals surface area contributed by atoms with Gasteiger partial charge in [-0.2, -0.15) is 0 Å². The molecule has 0 spiro atoms. The predicted octanol–water partition coefficient (Wildman–Crippen LogP) is 4.70. The van der Waals surface area contributed by atoms with Crippen molar-refractivity contribution < 1.29 is 14.3 Å². The molecule has 1 N–H and O–H groups in total. The Hall–Kier alpha value is -2.14. The molecule has 2 aromatic rings. The number of carbonyl (C=O) groups excluding carboxylic acids is 1. The SMILES string of the molecule is CC(Sc1ccc2c(c1)OCCO2)C(=O)Nc1ccc(C(C)C)cc1. The third-order valence-corrected chi connectivity index (χ3v) is 5.13. The Morgan fingerprint density at radius 1 is 1.00 bits per heavy atom. The highest BCUT2D eigenvalue weighted by Crippen LogP contribution is 2.35. The number of anilines is 1. The number of nitrogens with one attached hydrogen (secondary N) is 1. The maximum Gasteiger partial charge on any atom is 0.237 e. The first-order valence-electron chi connectivity index (χ1n) is 8.50. The average molecular weight is 357 g/mol. The quantitative estimate of drug-likeness (QED) is 0.788. The lowest BCUT2D eigenvalue weighted by Gasteiger charge is -2.19. The average Bonchev–Trinajstić information content (AvgIpc) is 2.62. The second-order valence-electron chi connectivity index (χ2n) is 6.33. The second-order valence-corrected chi connectivity index (χ2v) is 7.75. The van der Waals surface area contributed by atoms with E-state index >= 15 is 0 Å². The summed E-state index contributed by atoms with van der Waals surface area (Å²) in [6.45, 7) is 7.34. The van der Waals surface area contributed by atoms with Gasteiger partial charge >= 0.3 is 0 Å². The number of thioether (sulfide) groups is 1.